The van der Waals surface area contributed by atoms with Crippen molar-refractivity contribution in [2.45, 2.75) is 31.6 Å². The molecule has 114 valence electrons. The smallest absolute Gasteiger partial charge is 0.230 e. The van der Waals surface area contributed by atoms with Crippen LogP contribution >= 0.6 is 0 Å². The fourth-order valence-electron chi connectivity index (χ4n) is 3.81. The topological polar surface area (TPSA) is 65.2 Å². The molecular formula is C17H18N2O3. The number of aromatic nitrogens is 2. The second-order valence-electron chi connectivity index (χ2n) is 6.20. The lowest BCUT2D eigenvalue weighted by molar-refractivity contribution is -0.126. The number of nitrogens with zero attached hydrogens (tertiary/aromatic N) is 2. The number of para-hydroxylation sites is 1. The largest absolute Gasteiger partial charge is 0.496 e. The summed E-state index contributed by atoms with van der Waals surface area (Å²) < 4.78 is 10.8. The number of benzene rings is 1. The summed E-state index contributed by atoms with van der Waals surface area (Å²) in [6.07, 6.45) is 3.74. The molecule has 1 aromatic carbocycles. The van der Waals surface area contributed by atoms with Crippen molar-refractivity contribution >= 4 is 5.78 Å². The van der Waals surface area contributed by atoms with Gasteiger partial charge in [0.15, 0.2) is 0 Å². The Morgan fingerprint density at radius 2 is 1.86 bits per heavy atom. The van der Waals surface area contributed by atoms with Crippen LogP contribution in [0.5, 0.6) is 5.75 Å². The number of ether oxygens (including phenoxy) is 1. The van der Waals surface area contributed by atoms with Crippen LogP contribution in [-0.4, -0.2) is 23.0 Å². The van der Waals surface area contributed by atoms with E-state index in [0.29, 0.717) is 17.5 Å². The molecule has 5 nitrogen and oxygen atoms in total. The lowest BCUT2D eigenvalue weighted by Gasteiger charge is -2.23. The molecule has 5 heteroatoms. The molecular weight excluding hydrogens is 280 g/mol. The van der Waals surface area contributed by atoms with Crippen molar-refractivity contribution < 1.29 is 14.1 Å². The Kier molecular flexibility index (Phi) is 3.21. The molecule has 2 unspecified atom stereocenters. The molecule has 1 heterocycles. The van der Waals surface area contributed by atoms with Crippen LogP contribution in [0.1, 0.15) is 37.5 Å². The Balaban J connectivity index is 1.61. The average Bonchev–Trinajstić information content (AvgIpc) is 3.09. The van der Waals surface area contributed by atoms with Crippen molar-refractivity contribution in [2.75, 3.05) is 7.11 Å². The van der Waals surface area contributed by atoms with Crippen molar-refractivity contribution in [3.63, 3.8) is 0 Å². The molecule has 2 fully saturated rings. The maximum Gasteiger partial charge on any atom is 0.230 e. The van der Waals surface area contributed by atoms with Gasteiger partial charge >= 0.3 is 0 Å². The third-order valence-corrected chi connectivity index (χ3v) is 4.95. The fraction of sp³-hybridized carbons (Fsp3) is 0.471. The van der Waals surface area contributed by atoms with E-state index in [9.17, 15) is 4.79 Å². The van der Waals surface area contributed by atoms with Gasteiger partial charge in [0.05, 0.1) is 12.7 Å². The van der Waals surface area contributed by atoms with Crippen LogP contribution < -0.4 is 4.74 Å². The number of rotatable bonds is 3. The maximum absolute atomic E-state index is 12.0. The second-order valence-corrected chi connectivity index (χ2v) is 6.20. The predicted octanol–water partition coefficient (Wildman–Crippen LogP) is 3.22. The minimum absolute atomic E-state index is 0.199. The standard InChI is InChI=1S/C17H18N2O3/c1-21-14-5-3-2-4-13(14)16-18-17(22-19-16)12-8-10-6-7-11(9-12)15(10)20/h2-5,10-12H,6-9H2,1H3. The quantitative estimate of drug-likeness (QED) is 0.870. The minimum atomic E-state index is 0.199. The van der Waals surface area contributed by atoms with Gasteiger partial charge in [-0.25, -0.2) is 0 Å². The van der Waals surface area contributed by atoms with Crippen molar-refractivity contribution in [1.29, 1.82) is 0 Å². The van der Waals surface area contributed by atoms with Gasteiger partial charge in [-0.3, -0.25) is 4.79 Å². The van der Waals surface area contributed by atoms with Crippen molar-refractivity contribution in [3.05, 3.63) is 30.2 Å². The van der Waals surface area contributed by atoms with Gasteiger partial charge in [-0.05, 0) is 37.8 Å². The van der Waals surface area contributed by atoms with Gasteiger partial charge in [-0.1, -0.05) is 17.3 Å². The number of methoxy groups -OCH3 is 1. The maximum atomic E-state index is 12.0. The summed E-state index contributed by atoms with van der Waals surface area (Å²) in [7, 11) is 1.63. The molecule has 0 amide bonds. The Bertz CT molecular complexity index is 693. The first-order valence-corrected chi connectivity index (χ1v) is 7.77. The van der Waals surface area contributed by atoms with Gasteiger partial charge in [-0.2, -0.15) is 4.98 Å². The van der Waals surface area contributed by atoms with Crippen LogP contribution in [0.3, 0.4) is 0 Å². The van der Waals surface area contributed by atoms with E-state index in [1.807, 2.05) is 24.3 Å². The van der Waals surface area contributed by atoms with Crippen LogP contribution in [0.15, 0.2) is 28.8 Å². The van der Waals surface area contributed by atoms with Gasteiger partial charge in [0.25, 0.3) is 0 Å². The normalized spacial score (nSPS) is 27.1. The molecule has 0 saturated heterocycles. The van der Waals surface area contributed by atoms with Crippen LogP contribution in [0.2, 0.25) is 0 Å². The SMILES string of the molecule is COc1ccccc1-c1noc(C2CC3CCC(C2)C3=O)n1. The van der Waals surface area contributed by atoms with E-state index in [2.05, 4.69) is 10.1 Å². The number of ketones is 1. The lowest BCUT2D eigenvalue weighted by Crippen LogP contribution is -2.24. The van der Waals surface area contributed by atoms with Crippen LogP contribution in [-0.2, 0) is 4.79 Å². The summed E-state index contributed by atoms with van der Waals surface area (Å²) in [5.41, 5.74) is 0.829. The molecule has 1 aromatic heterocycles. The highest BCUT2D eigenvalue weighted by atomic mass is 16.5. The monoisotopic (exact) mass is 298 g/mol. The summed E-state index contributed by atoms with van der Waals surface area (Å²) in [4.78, 5) is 16.6. The number of carbonyl (C=O) groups is 1. The number of hydrogen-bond acceptors (Lipinski definition) is 5. The summed E-state index contributed by atoms with van der Waals surface area (Å²) in [5.74, 6) is 3.00. The van der Waals surface area contributed by atoms with Gasteiger partial charge in [0.2, 0.25) is 11.7 Å². The second kappa shape index (κ2) is 5.23. The molecule has 0 N–H and O–H groups in total. The zero-order chi connectivity index (χ0) is 15.1. The zero-order valence-electron chi connectivity index (χ0n) is 12.5. The van der Waals surface area contributed by atoms with Crippen molar-refractivity contribution in [2.24, 2.45) is 11.8 Å². The predicted molar refractivity (Wildman–Crippen MR) is 79.5 cm³/mol. The third kappa shape index (κ3) is 2.12. The Hall–Kier alpha value is -2.17. The number of carbonyl (C=O) groups excluding carboxylic acids is 1. The van der Waals surface area contributed by atoms with Gasteiger partial charge in [-0.15, -0.1) is 0 Å². The average molecular weight is 298 g/mol. The first-order valence-electron chi connectivity index (χ1n) is 7.77. The van der Waals surface area contributed by atoms with Gasteiger partial charge in [0, 0.05) is 17.8 Å². The molecule has 0 radical (unpaired) electrons. The molecule has 4 rings (SSSR count). The van der Waals surface area contributed by atoms with E-state index < -0.39 is 0 Å². The van der Waals surface area contributed by atoms with Gasteiger partial charge < -0.3 is 9.26 Å². The van der Waals surface area contributed by atoms with E-state index in [-0.39, 0.29) is 17.8 Å². The highest BCUT2D eigenvalue weighted by molar-refractivity contribution is 5.86. The van der Waals surface area contributed by atoms with E-state index in [4.69, 9.17) is 9.26 Å². The summed E-state index contributed by atoms with van der Waals surface area (Å²) in [5, 5.41) is 4.11. The molecule has 2 saturated carbocycles. The number of fused-ring (bicyclic) bond motifs is 2. The summed E-state index contributed by atoms with van der Waals surface area (Å²) >= 11 is 0. The van der Waals surface area contributed by atoms with Gasteiger partial charge in [0.1, 0.15) is 11.5 Å². The minimum Gasteiger partial charge on any atom is -0.496 e. The molecule has 2 bridgehead atoms. The molecule has 2 aliphatic rings. The third-order valence-electron chi connectivity index (χ3n) is 4.95. The Morgan fingerprint density at radius 1 is 1.14 bits per heavy atom. The molecule has 2 atom stereocenters. The van der Waals surface area contributed by atoms with Crippen molar-refractivity contribution in [1.82, 2.24) is 10.1 Å². The van der Waals surface area contributed by atoms with E-state index >= 15 is 0 Å². The summed E-state index contributed by atoms with van der Waals surface area (Å²) in [6.45, 7) is 0. The fourth-order valence-corrected chi connectivity index (χ4v) is 3.81. The van der Waals surface area contributed by atoms with Crippen molar-refractivity contribution in [3.8, 4) is 17.1 Å². The molecule has 2 aromatic rings. The van der Waals surface area contributed by atoms with E-state index in [1.54, 1.807) is 7.11 Å². The molecule has 0 aliphatic heterocycles. The first kappa shape index (κ1) is 13.5. The van der Waals surface area contributed by atoms with E-state index in [1.165, 1.54) is 0 Å². The van der Waals surface area contributed by atoms with Crippen LogP contribution in [0, 0.1) is 11.8 Å². The van der Waals surface area contributed by atoms with E-state index in [0.717, 1.165) is 37.0 Å². The highest BCUT2D eigenvalue weighted by Gasteiger charge is 2.43. The molecule has 22 heavy (non-hydrogen) atoms. The van der Waals surface area contributed by atoms with Crippen LogP contribution in [0.25, 0.3) is 11.4 Å². The highest BCUT2D eigenvalue weighted by Crippen LogP contribution is 2.46. The number of hydrogen-bond donors (Lipinski definition) is 0. The van der Waals surface area contributed by atoms with Crippen LogP contribution in [0.4, 0.5) is 0 Å². The number of Topliss-reactive ketones (excluding diaryl/α,β-unsaturated/α-hetero) is 1. The first-order chi connectivity index (χ1) is 10.8. The molecule has 0 spiro atoms. The lowest BCUT2D eigenvalue weighted by atomic mass is 9.80. The summed E-state index contributed by atoms with van der Waals surface area (Å²) in [6, 6.07) is 7.63. The Labute approximate surface area is 128 Å². The zero-order valence-corrected chi connectivity index (χ0v) is 12.5. The Morgan fingerprint density at radius 3 is 2.59 bits per heavy atom. The molecule has 2 aliphatic carbocycles.